The number of aromatic carboxylic acids is 1. The number of H-pyrrole nitrogens is 1. The fraction of sp³-hybridized carbons (Fsp3) is 0. The zero-order valence-corrected chi connectivity index (χ0v) is 10.6. The van der Waals surface area contributed by atoms with Crippen LogP contribution in [0.4, 0.5) is 0 Å². The first-order valence-electron chi connectivity index (χ1n) is 5.13. The van der Waals surface area contributed by atoms with Gasteiger partial charge in [-0.3, -0.25) is 0 Å². The van der Waals surface area contributed by atoms with E-state index in [9.17, 15) is 4.79 Å². The predicted molar refractivity (Wildman–Crippen MR) is 68.5 cm³/mol. The van der Waals surface area contributed by atoms with Crippen LogP contribution in [-0.2, 0) is 0 Å². The van der Waals surface area contributed by atoms with Crippen molar-refractivity contribution in [1.29, 1.82) is 0 Å². The number of carboxylic acid groups (broad SMARTS) is 1. The first-order valence-corrected chi connectivity index (χ1v) is 5.92. The van der Waals surface area contributed by atoms with Gasteiger partial charge in [0.2, 0.25) is 0 Å². The van der Waals surface area contributed by atoms with Gasteiger partial charge >= 0.3 is 5.97 Å². The molecule has 0 aliphatic carbocycles. The Labute approximate surface area is 110 Å². The molecule has 0 atom stereocenters. The van der Waals surface area contributed by atoms with Crippen LogP contribution in [0.25, 0.3) is 22.4 Å². The highest BCUT2D eigenvalue weighted by atomic mass is 79.9. The monoisotopic (exact) mass is 306 g/mol. The number of para-hydroxylation sites is 1. The molecule has 0 unspecified atom stereocenters. The molecule has 0 saturated heterocycles. The summed E-state index contributed by atoms with van der Waals surface area (Å²) in [5.41, 5.74) is 1.51. The normalized spacial score (nSPS) is 10.9. The van der Waals surface area contributed by atoms with E-state index in [4.69, 9.17) is 9.63 Å². The molecular weight excluding hydrogens is 300 g/mol. The number of halogens is 1. The highest BCUT2D eigenvalue weighted by Gasteiger charge is 2.14. The topological polar surface area (TPSA) is 79.1 Å². The zero-order chi connectivity index (χ0) is 12.7. The molecule has 6 heteroatoms. The number of hydrogen-bond donors (Lipinski definition) is 2. The Balaban J connectivity index is 2.13. The number of hydrogen-bond acceptors (Lipinski definition) is 3. The van der Waals surface area contributed by atoms with Gasteiger partial charge < -0.3 is 14.6 Å². The third-order valence-corrected chi connectivity index (χ3v) is 3.26. The lowest BCUT2D eigenvalue weighted by atomic mass is 10.2. The first-order chi connectivity index (χ1) is 8.65. The van der Waals surface area contributed by atoms with Gasteiger partial charge in [0, 0.05) is 15.9 Å². The minimum absolute atomic E-state index is 0.109. The summed E-state index contributed by atoms with van der Waals surface area (Å²) in [6.07, 6.45) is 0. The number of carboxylic acids is 1. The van der Waals surface area contributed by atoms with Gasteiger partial charge in [-0.15, -0.1) is 0 Å². The van der Waals surface area contributed by atoms with Crippen molar-refractivity contribution in [1.82, 2.24) is 10.1 Å². The molecule has 0 bridgehead atoms. The van der Waals surface area contributed by atoms with E-state index in [1.165, 1.54) is 6.07 Å². The summed E-state index contributed by atoms with van der Waals surface area (Å²) in [5, 5.41) is 13.3. The predicted octanol–water partition coefficient (Wildman–Crippen LogP) is 3.28. The third-order valence-electron chi connectivity index (χ3n) is 2.60. The molecule has 0 fully saturated rings. The Kier molecular flexibility index (Phi) is 2.45. The number of rotatable bonds is 2. The van der Waals surface area contributed by atoms with Crippen LogP contribution in [0.2, 0.25) is 0 Å². The van der Waals surface area contributed by atoms with Crippen molar-refractivity contribution in [3.8, 4) is 11.5 Å². The van der Waals surface area contributed by atoms with Gasteiger partial charge in [0.25, 0.3) is 0 Å². The number of fused-ring (bicyclic) bond motifs is 1. The quantitative estimate of drug-likeness (QED) is 0.761. The van der Waals surface area contributed by atoms with Crippen LogP contribution in [0.15, 0.2) is 39.3 Å². The molecule has 18 heavy (non-hydrogen) atoms. The van der Waals surface area contributed by atoms with E-state index < -0.39 is 5.97 Å². The fourth-order valence-corrected chi connectivity index (χ4v) is 2.24. The van der Waals surface area contributed by atoms with E-state index in [-0.39, 0.29) is 5.69 Å². The number of aromatic nitrogens is 2. The Morgan fingerprint density at radius 2 is 2.22 bits per heavy atom. The molecule has 1 aromatic carbocycles. The molecule has 0 spiro atoms. The molecule has 5 nitrogen and oxygen atoms in total. The molecular formula is C12H7BrN2O3. The highest BCUT2D eigenvalue weighted by Crippen LogP contribution is 2.29. The molecule has 2 N–H and O–H groups in total. The van der Waals surface area contributed by atoms with Gasteiger partial charge in [0.1, 0.15) is 0 Å². The Bertz CT molecular complexity index is 745. The largest absolute Gasteiger partial charge is 0.476 e. The molecule has 0 aliphatic rings. The van der Waals surface area contributed by atoms with E-state index in [2.05, 4.69) is 26.1 Å². The molecule has 3 rings (SSSR count). The van der Waals surface area contributed by atoms with Gasteiger partial charge in [-0.2, -0.15) is 0 Å². The summed E-state index contributed by atoms with van der Waals surface area (Å²) >= 11 is 3.44. The number of nitrogens with one attached hydrogen (secondary N) is 1. The van der Waals surface area contributed by atoms with Crippen LogP contribution in [0.5, 0.6) is 0 Å². The minimum atomic E-state index is -1.11. The van der Waals surface area contributed by atoms with E-state index in [1.54, 1.807) is 0 Å². The molecule has 0 saturated carbocycles. The first kappa shape index (κ1) is 11.0. The number of carbonyl (C=O) groups is 1. The third kappa shape index (κ3) is 1.70. The summed E-state index contributed by atoms with van der Waals surface area (Å²) in [5.74, 6) is -0.710. The standard InChI is InChI=1S/C12H7BrN2O3/c13-7-3-1-2-6-4-8(14-11(6)7)10-5-9(12(16)17)15-18-10/h1-5,14H,(H,16,17). The van der Waals surface area contributed by atoms with Crippen LogP contribution in [0, 0.1) is 0 Å². The van der Waals surface area contributed by atoms with Crippen LogP contribution in [-0.4, -0.2) is 21.2 Å². The molecule has 2 aromatic heterocycles. The summed E-state index contributed by atoms with van der Waals surface area (Å²) < 4.78 is 5.94. The Morgan fingerprint density at radius 1 is 1.39 bits per heavy atom. The van der Waals surface area contributed by atoms with Crippen molar-refractivity contribution in [2.24, 2.45) is 0 Å². The maximum Gasteiger partial charge on any atom is 0.358 e. The van der Waals surface area contributed by atoms with Crippen molar-refractivity contribution in [3.63, 3.8) is 0 Å². The number of nitrogens with zero attached hydrogens (tertiary/aromatic N) is 1. The average Bonchev–Trinajstić information content (AvgIpc) is 2.95. The van der Waals surface area contributed by atoms with Gasteiger partial charge in [-0.05, 0) is 28.1 Å². The van der Waals surface area contributed by atoms with Crippen LogP contribution >= 0.6 is 15.9 Å². The SMILES string of the molecule is O=C(O)c1cc(-c2cc3cccc(Br)c3[nH]2)on1. The lowest BCUT2D eigenvalue weighted by Crippen LogP contribution is -1.94. The average molecular weight is 307 g/mol. The minimum Gasteiger partial charge on any atom is -0.476 e. The van der Waals surface area contributed by atoms with E-state index in [0.29, 0.717) is 11.5 Å². The van der Waals surface area contributed by atoms with E-state index in [0.717, 1.165) is 15.4 Å². The molecule has 2 heterocycles. The lowest BCUT2D eigenvalue weighted by molar-refractivity contribution is 0.0686. The second kappa shape index (κ2) is 3.99. The summed E-state index contributed by atoms with van der Waals surface area (Å²) in [4.78, 5) is 13.9. The van der Waals surface area contributed by atoms with Gasteiger partial charge in [-0.25, -0.2) is 4.79 Å². The van der Waals surface area contributed by atoms with E-state index >= 15 is 0 Å². The van der Waals surface area contributed by atoms with Gasteiger partial charge in [-0.1, -0.05) is 17.3 Å². The molecule has 0 radical (unpaired) electrons. The van der Waals surface area contributed by atoms with Crippen LogP contribution in [0.3, 0.4) is 0 Å². The van der Waals surface area contributed by atoms with Crippen molar-refractivity contribution in [2.45, 2.75) is 0 Å². The summed E-state index contributed by atoms with van der Waals surface area (Å²) in [6.45, 7) is 0. The highest BCUT2D eigenvalue weighted by molar-refractivity contribution is 9.10. The van der Waals surface area contributed by atoms with Crippen molar-refractivity contribution < 1.29 is 14.4 Å². The molecule has 90 valence electrons. The van der Waals surface area contributed by atoms with Gasteiger partial charge in [0.15, 0.2) is 11.5 Å². The lowest BCUT2D eigenvalue weighted by Gasteiger charge is -1.91. The van der Waals surface area contributed by atoms with Crippen molar-refractivity contribution in [3.05, 3.63) is 40.5 Å². The van der Waals surface area contributed by atoms with E-state index in [1.807, 2.05) is 24.3 Å². The maximum atomic E-state index is 10.7. The second-order valence-electron chi connectivity index (χ2n) is 3.77. The fourth-order valence-electron chi connectivity index (χ4n) is 1.75. The van der Waals surface area contributed by atoms with Crippen molar-refractivity contribution in [2.75, 3.05) is 0 Å². The van der Waals surface area contributed by atoms with Gasteiger partial charge in [0.05, 0.1) is 11.2 Å². The second-order valence-corrected chi connectivity index (χ2v) is 4.62. The smallest absolute Gasteiger partial charge is 0.358 e. The zero-order valence-electron chi connectivity index (χ0n) is 8.98. The number of aromatic amines is 1. The summed E-state index contributed by atoms with van der Waals surface area (Å²) in [6, 6.07) is 9.07. The Morgan fingerprint density at radius 3 is 2.89 bits per heavy atom. The summed E-state index contributed by atoms with van der Waals surface area (Å²) in [7, 11) is 0. The molecule has 0 amide bonds. The maximum absolute atomic E-state index is 10.7. The molecule has 3 aromatic rings. The van der Waals surface area contributed by atoms with Crippen molar-refractivity contribution >= 4 is 32.8 Å². The van der Waals surface area contributed by atoms with Crippen LogP contribution in [0.1, 0.15) is 10.5 Å². The Hall–Kier alpha value is -2.08. The number of benzene rings is 1. The van der Waals surface area contributed by atoms with Crippen LogP contribution < -0.4 is 0 Å². The molecule has 0 aliphatic heterocycles.